The Kier molecular flexibility index (Phi) is 6.71. The van der Waals surface area contributed by atoms with Crippen LogP contribution < -0.4 is 32.1 Å². The van der Waals surface area contributed by atoms with Gasteiger partial charge in [-0.25, -0.2) is 14.4 Å². The number of benzene rings is 2. The second-order valence-corrected chi connectivity index (χ2v) is 11.9. The number of rotatable bonds is 7. The van der Waals surface area contributed by atoms with Crippen molar-refractivity contribution in [2.45, 2.75) is 38.4 Å². The summed E-state index contributed by atoms with van der Waals surface area (Å²) >= 11 is 0. The number of nitrogens with zero attached hydrogens (tertiary/aromatic N) is 7. The smallest absolute Gasteiger partial charge is 0.270 e. The number of nitrogen functional groups attached to an aromatic ring is 1. The first kappa shape index (κ1) is 29.0. The number of anilines is 2. The highest BCUT2D eigenvalue weighted by Crippen LogP contribution is 2.34. The molecule has 0 fully saturated rings. The Balaban J connectivity index is 0.991. The number of nitrogens with one attached hydrogen (secondary N) is 3. The normalized spacial score (nSPS) is 15.4. The van der Waals surface area contributed by atoms with Crippen LogP contribution in [0.25, 0.3) is 17.2 Å². The van der Waals surface area contributed by atoms with Gasteiger partial charge in [-0.3, -0.25) is 19.2 Å². The largest absolute Gasteiger partial charge is 0.493 e. The van der Waals surface area contributed by atoms with Gasteiger partial charge in [0.1, 0.15) is 22.8 Å². The van der Waals surface area contributed by atoms with Crippen LogP contribution in [0, 0.1) is 0 Å². The number of aromatic nitrogens is 7. The van der Waals surface area contributed by atoms with Crippen molar-refractivity contribution in [3.8, 4) is 17.3 Å². The fraction of sp³-hybridized carbons (Fsp3) is 0.219. The monoisotopic (exact) mass is 645 g/mol. The molecule has 0 saturated carbocycles. The summed E-state index contributed by atoms with van der Waals surface area (Å²) in [5.74, 6) is -0.869. The molecule has 1 aliphatic heterocycles. The van der Waals surface area contributed by atoms with Crippen LogP contribution in [-0.4, -0.2) is 58.5 Å². The summed E-state index contributed by atoms with van der Waals surface area (Å²) in [5.41, 5.74) is 10.5. The van der Waals surface area contributed by atoms with Crippen LogP contribution >= 0.6 is 0 Å². The van der Waals surface area contributed by atoms with Gasteiger partial charge >= 0.3 is 0 Å². The molecule has 0 unspecified atom stereocenters. The summed E-state index contributed by atoms with van der Waals surface area (Å²) in [6.07, 6.45) is 3.25. The molecule has 3 aromatic heterocycles. The van der Waals surface area contributed by atoms with Gasteiger partial charge in [0.05, 0.1) is 12.2 Å². The molecule has 3 aromatic carbocycles. The van der Waals surface area contributed by atoms with Crippen molar-refractivity contribution >= 4 is 29.0 Å². The first-order valence-electron chi connectivity index (χ1n) is 15.2. The number of fused-ring (bicyclic) bond motifs is 3. The minimum Gasteiger partial charge on any atom is -0.493 e. The van der Waals surface area contributed by atoms with E-state index in [0.717, 1.165) is 46.0 Å². The van der Waals surface area contributed by atoms with E-state index in [1.165, 1.54) is 10.5 Å². The zero-order valence-corrected chi connectivity index (χ0v) is 25.2. The number of hydrogen-bond acceptors (Lipinski definition) is 12. The molecule has 1 aliphatic carbocycles. The Hall–Kier alpha value is -6.45. The molecule has 6 aromatic rings. The highest BCUT2D eigenvalue weighted by molar-refractivity contribution is 5.98. The summed E-state index contributed by atoms with van der Waals surface area (Å²) in [6.45, 7) is 1.11. The van der Waals surface area contributed by atoms with E-state index in [0.29, 0.717) is 31.8 Å². The van der Waals surface area contributed by atoms with E-state index in [1.807, 2.05) is 41.3 Å². The molecule has 8 rings (SSSR count). The van der Waals surface area contributed by atoms with E-state index >= 15 is 0 Å². The summed E-state index contributed by atoms with van der Waals surface area (Å²) in [4.78, 5) is 60.9. The molecule has 4 heterocycles. The number of H-pyrrole nitrogens is 1. The molecule has 1 atom stereocenters. The van der Waals surface area contributed by atoms with Crippen LogP contribution in [-0.2, 0) is 25.9 Å². The van der Waals surface area contributed by atoms with Crippen LogP contribution in [0.3, 0.4) is 0 Å². The molecule has 0 bridgehead atoms. The van der Waals surface area contributed by atoms with Crippen molar-refractivity contribution < 1.29 is 14.7 Å². The molecule has 48 heavy (non-hydrogen) atoms. The van der Waals surface area contributed by atoms with Crippen molar-refractivity contribution in [3.63, 3.8) is 0 Å². The number of aromatic amines is 1. The van der Waals surface area contributed by atoms with Gasteiger partial charge in [0.25, 0.3) is 22.7 Å². The number of hydrogen-bond donors (Lipinski definition) is 5. The van der Waals surface area contributed by atoms with Crippen LogP contribution in [0.2, 0.25) is 0 Å². The van der Waals surface area contributed by atoms with E-state index in [9.17, 15) is 24.3 Å². The Morgan fingerprint density at radius 1 is 1.02 bits per heavy atom. The lowest BCUT2D eigenvalue weighted by molar-refractivity contribution is 0.0931. The minimum absolute atomic E-state index is 0.00470. The molecule has 0 radical (unpaired) electrons. The number of aromatic hydroxyl groups is 1. The minimum atomic E-state index is -0.651. The summed E-state index contributed by atoms with van der Waals surface area (Å²) in [6, 6.07) is 12.7. The first-order valence-corrected chi connectivity index (χ1v) is 15.2. The SMILES string of the molecule is Nc1c(N2CCc3ccc(CNC(=O)c4cc(C(=O)N[C@H]5CCc6cc(-c7nn[nH]n7)ccc65)nc5ncc(O)n45)cc3C2)c(=O)c1=O. The fourth-order valence-electron chi connectivity index (χ4n) is 6.58. The molecule has 6 N–H and O–H groups in total. The van der Waals surface area contributed by atoms with Gasteiger partial charge in [-0.05, 0) is 64.4 Å². The maximum atomic E-state index is 13.5. The van der Waals surface area contributed by atoms with E-state index in [2.05, 4.69) is 41.2 Å². The van der Waals surface area contributed by atoms with Gasteiger partial charge < -0.3 is 26.4 Å². The highest BCUT2D eigenvalue weighted by atomic mass is 16.3. The molecule has 240 valence electrons. The standard InChI is InChI=1S/C32H27N11O5/c33-25-26(28(46)27(25)45)42-8-7-16-2-1-15(9-19(16)14-42)12-34-31(48)23-11-22(37-32-35-13-24(44)43(23)32)30(47)36-21-6-4-17-10-18(3-5-20(17)21)29-38-40-41-39-29/h1-3,5,9-11,13,21,44H,4,6-8,12,14,33H2,(H,34,48)(H,36,47)(H,38,39,40,41)/t21-/m0/s1. The van der Waals surface area contributed by atoms with E-state index < -0.39 is 22.7 Å². The third-order valence-electron chi connectivity index (χ3n) is 9.03. The maximum absolute atomic E-state index is 13.5. The zero-order valence-electron chi connectivity index (χ0n) is 25.2. The van der Waals surface area contributed by atoms with Gasteiger partial charge in [0.2, 0.25) is 17.5 Å². The number of imidazole rings is 1. The zero-order chi connectivity index (χ0) is 33.1. The second kappa shape index (κ2) is 11.1. The third kappa shape index (κ3) is 4.81. The predicted octanol–water partition coefficient (Wildman–Crippen LogP) is 0.703. The van der Waals surface area contributed by atoms with Gasteiger partial charge in [-0.15, -0.1) is 10.2 Å². The number of carbonyl (C=O) groups excluding carboxylic acids is 2. The van der Waals surface area contributed by atoms with E-state index in [1.54, 1.807) is 0 Å². The van der Waals surface area contributed by atoms with Crippen molar-refractivity contribution in [3.05, 3.63) is 108 Å². The average Bonchev–Trinajstić information content (AvgIpc) is 3.87. The predicted molar refractivity (Wildman–Crippen MR) is 171 cm³/mol. The highest BCUT2D eigenvalue weighted by Gasteiger charge is 2.28. The molecular formula is C32H27N11O5. The Labute approximate surface area is 270 Å². The van der Waals surface area contributed by atoms with Gasteiger partial charge in [0, 0.05) is 25.2 Å². The van der Waals surface area contributed by atoms with Crippen molar-refractivity contribution in [2.75, 3.05) is 17.2 Å². The number of amides is 2. The molecule has 0 saturated heterocycles. The first-order chi connectivity index (χ1) is 23.2. The maximum Gasteiger partial charge on any atom is 0.270 e. The Bertz CT molecular complexity index is 2340. The molecule has 16 nitrogen and oxygen atoms in total. The third-order valence-corrected chi connectivity index (χ3v) is 9.03. The Morgan fingerprint density at radius 3 is 2.71 bits per heavy atom. The van der Waals surface area contributed by atoms with E-state index in [-0.39, 0.29) is 47.0 Å². The molecule has 2 amide bonds. The van der Waals surface area contributed by atoms with Crippen LogP contribution in [0.5, 0.6) is 5.88 Å². The number of nitrogens with two attached hydrogens (primary N) is 1. The molecule has 0 spiro atoms. The van der Waals surface area contributed by atoms with Gasteiger partial charge in [-0.2, -0.15) is 5.21 Å². The second-order valence-electron chi connectivity index (χ2n) is 11.9. The average molecular weight is 646 g/mol. The topological polar surface area (TPSA) is 226 Å². The number of carbonyl (C=O) groups is 2. The molecular weight excluding hydrogens is 618 g/mol. The van der Waals surface area contributed by atoms with Crippen LogP contribution in [0.1, 0.15) is 61.3 Å². The van der Waals surface area contributed by atoms with Crippen molar-refractivity contribution in [1.29, 1.82) is 0 Å². The van der Waals surface area contributed by atoms with Crippen LogP contribution in [0.4, 0.5) is 11.4 Å². The Morgan fingerprint density at radius 2 is 1.90 bits per heavy atom. The van der Waals surface area contributed by atoms with E-state index in [4.69, 9.17) is 5.73 Å². The lowest BCUT2D eigenvalue weighted by atomic mass is 9.96. The molecule has 2 aliphatic rings. The summed E-state index contributed by atoms with van der Waals surface area (Å²) in [7, 11) is 0. The summed E-state index contributed by atoms with van der Waals surface area (Å²) < 4.78 is 1.18. The number of aryl methyl sites for hydroxylation is 1. The lowest BCUT2D eigenvalue weighted by Crippen LogP contribution is -2.44. The van der Waals surface area contributed by atoms with Gasteiger partial charge in [-0.1, -0.05) is 30.3 Å². The summed E-state index contributed by atoms with van der Waals surface area (Å²) in [5, 5.41) is 30.5. The van der Waals surface area contributed by atoms with Gasteiger partial charge in [0.15, 0.2) is 0 Å². The fourth-order valence-corrected chi connectivity index (χ4v) is 6.58. The lowest BCUT2D eigenvalue weighted by Gasteiger charge is -2.32. The molecule has 16 heteroatoms. The quantitative estimate of drug-likeness (QED) is 0.151. The van der Waals surface area contributed by atoms with Crippen molar-refractivity contribution in [1.82, 2.24) is 45.6 Å². The van der Waals surface area contributed by atoms with Crippen LogP contribution in [0.15, 0.2) is 58.3 Å². The number of tetrazole rings is 1. The van der Waals surface area contributed by atoms with Crippen molar-refractivity contribution in [2.24, 2.45) is 0 Å².